The van der Waals surface area contributed by atoms with E-state index < -0.39 is 11.8 Å². The van der Waals surface area contributed by atoms with Crippen LogP contribution in [0.4, 0.5) is 11.5 Å². The Labute approximate surface area is 165 Å². The lowest BCUT2D eigenvalue weighted by molar-refractivity contribution is 0.0944. The van der Waals surface area contributed by atoms with Crippen molar-refractivity contribution in [3.63, 3.8) is 0 Å². The number of amides is 3. The number of rotatable bonds is 6. The largest absolute Gasteiger partial charge is 0.344 e. The fraction of sp³-hybridized carbons (Fsp3) is 0.235. The van der Waals surface area contributed by atoms with Gasteiger partial charge in [-0.25, -0.2) is 9.97 Å². The van der Waals surface area contributed by atoms with Crippen LogP contribution in [0, 0.1) is 0 Å². The van der Waals surface area contributed by atoms with Gasteiger partial charge in [0.1, 0.15) is 5.69 Å². The van der Waals surface area contributed by atoms with Crippen molar-refractivity contribution in [3.05, 3.63) is 48.2 Å². The number of imidazole rings is 2. The molecule has 0 saturated heterocycles. The van der Waals surface area contributed by atoms with Gasteiger partial charge in [0, 0.05) is 45.9 Å². The second-order valence-corrected chi connectivity index (χ2v) is 6.27. The number of nitrogens with two attached hydrogens (primary N) is 1. The molecule has 0 unspecified atom stereocenters. The average molecular weight is 399 g/mol. The molecule has 12 heteroatoms. The van der Waals surface area contributed by atoms with E-state index in [1.165, 1.54) is 23.0 Å². The number of nitrogens with zero attached hydrogens (tertiary/aromatic N) is 5. The molecule has 3 heterocycles. The number of nitrogens with one attached hydrogen (secondary N) is 3. The van der Waals surface area contributed by atoms with Crippen LogP contribution in [0.2, 0.25) is 0 Å². The maximum atomic E-state index is 12.6. The number of hydrogen-bond donors (Lipinski definition) is 4. The fourth-order valence-electron chi connectivity index (χ4n) is 2.72. The van der Waals surface area contributed by atoms with E-state index in [0.717, 1.165) is 0 Å². The molecule has 3 aromatic heterocycles. The zero-order valence-corrected chi connectivity index (χ0v) is 16.1. The van der Waals surface area contributed by atoms with Gasteiger partial charge in [0.2, 0.25) is 5.82 Å². The van der Waals surface area contributed by atoms with Crippen LogP contribution in [-0.2, 0) is 21.1 Å². The van der Waals surface area contributed by atoms with Gasteiger partial charge in [0.05, 0.1) is 12.4 Å². The average Bonchev–Trinajstić information content (AvgIpc) is 3.34. The highest BCUT2D eigenvalue weighted by molar-refractivity contribution is 6.04. The summed E-state index contributed by atoms with van der Waals surface area (Å²) in [6, 6.07) is 1.52. The second kappa shape index (κ2) is 7.98. The van der Waals surface area contributed by atoms with Crippen LogP contribution in [0.5, 0.6) is 0 Å². The maximum Gasteiger partial charge on any atom is 0.292 e. The smallest absolute Gasteiger partial charge is 0.292 e. The third-order valence-corrected chi connectivity index (χ3v) is 4.10. The van der Waals surface area contributed by atoms with Crippen molar-refractivity contribution in [2.75, 3.05) is 17.3 Å². The van der Waals surface area contributed by atoms with Gasteiger partial charge >= 0.3 is 0 Å². The molecule has 0 radical (unpaired) electrons. The lowest BCUT2D eigenvalue weighted by Gasteiger charge is -2.02. The lowest BCUT2D eigenvalue weighted by atomic mass is 10.3. The summed E-state index contributed by atoms with van der Waals surface area (Å²) in [4.78, 5) is 44.9. The number of aromatic nitrogens is 5. The Morgan fingerprint density at radius 3 is 2.34 bits per heavy atom. The zero-order chi connectivity index (χ0) is 21.1. The molecule has 0 aromatic carbocycles. The summed E-state index contributed by atoms with van der Waals surface area (Å²) in [5.41, 5.74) is 6.07. The van der Waals surface area contributed by atoms with Crippen molar-refractivity contribution in [3.8, 4) is 0 Å². The summed E-state index contributed by atoms with van der Waals surface area (Å²) in [5, 5.41) is 7.77. The molecule has 29 heavy (non-hydrogen) atoms. The Bertz CT molecular complexity index is 1080. The van der Waals surface area contributed by atoms with Crippen molar-refractivity contribution in [1.29, 1.82) is 0 Å². The van der Waals surface area contributed by atoms with Crippen molar-refractivity contribution < 1.29 is 14.4 Å². The van der Waals surface area contributed by atoms with E-state index in [-0.39, 0.29) is 30.0 Å². The highest BCUT2D eigenvalue weighted by Crippen LogP contribution is 2.15. The van der Waals surface area contributed by atoms with Gasteiger partial charge in [-0.15, -0.1) is 0 Å². The predicted octanol–water partition coefficient (Wildman–Crippen LogP) is -0.357. The normalized spacial score (nSPS) is 10.6. The van der Waals surface area contributed by atoms with Crippen LogP contribution in [0.3, 0.4) is 0 Å². The van der Waals surface area contributed by atoms with Crippen LogP contribution in [-0.4, -0.2) is 48.1 Å². The highest BCUT2D eigenvalue weighted by Gasteiger charge is 2.19. The molecule has 0 saturated carbocycles. The van der Waals surface area contributed by atoms with E-state index in [9.17, 15) is 14.4 Å². The molecule has 0 aliphatic heterocycles. The first kappa shape index (κ1) is 19.8. The Hall–Kier alpha value is -3.93. The van der Waals surface area contributed by atoms with Crippen LogP contribution in [0.15, 0.2) is 30.9 Å². The van der Waals surface area contributed by atoms with Crippen LogP contribution in [0.1, 0.15) is 31.7 Å². The monoisotopic (exact) mass is 399 g/mol. The Morgan fingerprint density at radius 2 is 1.69 bits per heavy atom. The van der Waals surface area contributed by atoms with E-state index >= 15 is 0 Å². The Morgan fingerprint density at radius 1 is 0.966 bits per heavy atom. The summed E-state index contributed by atoms with van der Waals surface area (Å²) >= 11 is 0. The molecular weight excluding hydrogens is 378 g/mol. The molecule has 5 N–H and O–H groups in total. The van der Waals surface area contributed by atoms with Gasteiger partial charge in [0.15, 0.2) is 11.6 Å². The summed E-state index contributed by atoms with van der Waals surface area (Å²) < 4.78 is 4.62. The quantitative estimate of drug-likeness (QED) is 0.415. The molecule has 0 bridgehead atoms. The number of hydrogen-bond acceptors (Lipinski definition) is 6. The SMILES string of the molecule is Cn1cc(NC(=O)c2nc(NC(=O)c3nccn3C)cn2C)cc1C(=O)NCN. The van der Waals surface area contributed by atoms with Gasteiger partial charge in [0.25, 0.3) is 17.7 Å². The molecule has 3 aromatic rings. The second-order valence-electron chi connectivity index (χ2n) is 6.27. The summed E-state index contributed by atoms with van der Waals surface area (Å²) in [6.45, 7) is 0.00570. The first-order chi connectivity index (χ1) is 13.8. The molecule has 0 spiro atoms. The maximum absolute atomic E-state index is 12.6. The van der Waals surface area contributed by atoms with Gasteiger partial charge in [-0.05, 0) is 6.07 Å². The van der Waals surface area contributed by atoms with Crippen molar-refractivity contribution in [2.24, 2.45) is 26.9 Å². The minimum absolute atomic E-state index is 0.00570. The summed E-state index contributed by atoms with van der Waals surface area (Å²) in [7, 11) is 5.00. The minimum atomic E-state index is -0.499. The molecule has 3 amide bonds. The molecule has 152 valence electrons. The van der Waals surface area contributed by atoms with E-state index in [1.807, 2.05) is 0 Å². The minimum Gasteiger partial charge on any atom is -0.344 e. The number of anilines is 2. The highest BCUT2D eigenvalue weighted by atomic mass is 16.2. The van der Waals surface area contributed by atoms with E-state index in [0.29, 0.717) is 11.4 Å². The van der Waals surface area contributed by atoms with E-state index in [4.69, 9.17) is 5.73 Å². The molecule has 0 aliphatic rings. The topological polar surface area (TPSA) is 154 Å². The fourth-order valence-corrected chi connectivity index (χ4v) is 2.72. The van der Waals surface area contributed by atoms with Gasteiger partial charge < -0.3 is 35.4 Å². The first-order valence-corrected chi connectivity index (χ1v) is 8.58. The van der Waals surface area contributed by atoms with E-state index in [1.54, 1.807) is 42.7 Å². The number of carbonyl (C=O) groups excluding carboxylic acids is 3. The Balaban J connectivity index is 1.72. The van der Waals surface area contributed by atoms with Gasteiger partial charge in [-0.1, -0.05) is 0 Å². The molecule has 0 atom stereocenters. The molecular formula is C17H21N9O3. The third-order valence-electron chi connectivity index (χ3n) is 4.10. The molecule has 12 nitrogen and oxygen atoms in total. The Kier molecular flexibility index (Phi) is 5.45. The number of carbonyl (C=O) groups is 3. The third kappa shape index (κ3) is 4.16. The van der Waals surface area contributed by atoms with E-state index in [2.05, 4.69) is 25.9 Å². The molecule has 3 rings (SSSR count). The van der Waals surface area contributed by atoms with Crippen LogP contribution < -0.4 is 21.7 Å². The lowest BCUT2D eigenvalue weighted by Crippen LogP contribution is -2.30. The van der Waals surface area contributed by atoms with Crippen molar-refractivity contribution in [1.82, 2.24) is 29.0 Å². The summed E-state index contributed by atoms with van der Waals surface area (Å²) in [5.74, 6) is -0.790. The van der Waals surface area contributed by atoms with Crippen molar-refractivity contribution in [2.45, 2.75) is 0 Å². The standard InChI is InChI=1S/C17H21N9O3/c1-24-5-4-19-13(24)16(28)23-12-8-26(3)14(22-12)17(29)21-10-6-11(25(2)7-10)15(27)20-9-18/h4-8H,9,18H2,1-3H3,(H,20,27)(H,21,29)(H,23,28). The molecule has 0 aliphatic carbocycles. The predicted molar refractivity (Wildman–Crippen MR) is 104 cm³/mol. The van der Waals surface area contributed by atoms with Gasteiger partial charge in [-0.2, -0.15) is 0 Å². The van der Waals surface area contributed by atoms with Gasteiger partial charge in [-0.3, -0.25) is 14.4 Å². The first-order valence-electron chi connectivity index (χ1n) is 8.58. The van der Waals surface area contributed by atoms with Crippen LogP contribution >= 0.6 is 0 Å². The van der Waals surface area contributed by atoms with Crippen molar-refractivity contribution >= 4 is 29.2 Å². The molecule has 0 fully saturated rings. The van der Waals surface area contributed by atoms with Crippen LogP contribution in [0.25, 0.3) is 0 Å². The number of aryl methyl sites for hydroxylation is 3. The zero-order valence-electron chi connectivity index (χ0n) is 16.1. The summed E-state index contributed by atoms with van der Waals surface area (Å²) in [6.07, 6.45) is 6.26.